The Hall–Kier alpha value is -3.98. The van der Waals surface area contributed by atoms with Crippen molar-refractivity contribution >= 4 is 28.9 Å². The molecule has 3 N–H and O–H groups in total. The minimum absolute atomic E-state index is 0.159. The van der Waals surface area contributed by atoms with E-state index in [1.807, 2.05) is 6.07 Å². The van der Waals surface area contributed by atoms with Crippen molar-refractivity contribution < 1.29 is 19.0 Å². The predicted octanol–water partition coefficient (Wildman–Crippen LogP) is 3.69. The van der Waals surface area contributed by atoms with Crippen molar-refractivity contribution in [2.45, 2.75) is 0 Å². The Labute approximate surface area is 184 Å². The first-order valence-corrected chi connectivity index (χ1v) is 10.0. The Balaban J connectivity index is 1.55. The molecule has 0 saturated carbocycles. The lowest BCUT2D eigenvalue weighted by molar-refractivity contribution is -0.111. The molecule has 8 nitrogen and oxygen atoms in total. The Morgan fingerprint density at radius 2 is 2.00 bits per heavy atom. The van der Waals surface area contributed by atoms with Gasteiger partial charge < -0.3 is 25.4 Å². The third kappa shape index (κ3) is 4.84. The molecule has 1 fully saturated rings. The Bertz CT molecular complexity index is 1120. The van der Waals surface area contributed by atoms with Crippen LogP contribution in [-0.4, -0.2) is 47.3 Å². The molecule has 2 aromatic carbocycles. The lowest BCUT2D eigenvalue weighted by Gasteiger charge is -2.29. The molecule has 1 aliphatic heterocycles. The number of phenolic OH excluding ortho intramolecular Hbond substituents is 1. The molecule has 2 heterocycles. The zero-order chi connectivity index (χ0) is 22.5. The number of nitrogens with zero attached hydrogens (tertiary/aromatic N) is 3. The molecule has 164 valence electrons. The highest BCUT2D eigenvalue weighted by molar-refractivity contribution is 5.99. The molecule has 0 bridgehead atoms. The van der Waals surface area contributed by atoms with Crippen molar-refractivity contribution in [1.29, 1.82) is 0 Å². The smallest absolute Gasteiger partial charge is 0.247 e. The summed E-state index contributed by atoms with van der Waals surface area (Å²) in [7, 11) is 0. The first-order chi connectivity index (χ1) is 15.5. The van der Waals surface area contributed by atoms with E-state index in [2.05, 4.69) is 27.2 Å². The molecule has 1 amide bonds. The third-order valence-corrected chi connectivity index (χ3v) is 4.89. The molecule has 32 heavy (non-hydrogen) atoms. The molecule has 3 aromatic rings. The van der Waals surface area contributed by atoms with Crippen LogP contribution in [0.5, 0.6) is 5.75 Å². The standard InChI is InChI=1S/C23H22FN5O3/c1-2-21(31)26-16-5-3-4-15(12-16)19-6-7-25-23(28-19)27-17-13-18(24)22(20(30)14-17)29-8-10-32-11-9-29/h2-7,12-14,30H,1,8-11H2,(H,26,31)(H,25,27,28). The van der Waals surface area contributed by atoms with Gasteiger partial charge in [0.1, 0.15) is 11.4 Å². The molecule has 1 aliphatic rings. The van der Waals surface area contributed by atoms with Gasteiger partial charge in [0.2, 0.25) is 11.9 Å². The van der Waals surface area contributed by atoms with Crippen LogP contribution in [0.1, 0.15) is 0 Å². The van der Waals surface area contributed by atoms with Crippen molar-refractivity contribution in [3.8, 4) is 17.0 Å². The molecule has 0 atom stereocenters. The minimum Gasteiger partial charge on any atom is -0.506 e. The summed E-state index contributed by atoms with van der Waals surface area (Å²) < 4.78 is 20.0. The van der Waals surface area contributed by atoms with Crippen LogP contribution in [0.3, 0.4) is 0 Å². The zero-order valence-corrected chi connectivity index (χ0v) is 17.2. The van der Waals surface area contributed by atoms with E-state index < -0.39 is 5.82 Å². The average Bonchev–Trinajstić information content (AvgIpc) is 2.79. The number of hydrogen-bond acceptors (Lipinski definition) is 7. The van der Waals surface area contributed by atoms with E-state index in [-0.39, 0.29) is 23.3 Å². The fraction of sp³-hybridized carbons (Fsp3) is 0.174. The number of amides is 1. The Morgan fingerprint density at radius 3 is 2.75 bits per heavy atom. The van der Waals surface area contributed by atoms with Gasteiger partial charge in [-0.15, -0.1) is 0 Å². The molecule has 4 rings (SSSR count). The summed E-state index contributed by atoms with van der Waals surface area (Å²) in [6, 6.07) is 11.6. The zero-order valence-electron chi connectivity index (χ0n) is 17.2. The highest BCUT2D eigenvalue weighted by atomic mass is 19.1. The van der Waals surface area contributed by atoms with Crippen molar-refractivity contribution in [2.75, 3.05) is 41.8 Å². The maximum absolute atomic E-state index is 14.8. The van der Waals surface area contributed by atoms with Gasteiger partial charge in [0.15, 0.2) is 5.82 Å². The van der Waals surface area contributed by atoms with Gasteiger partial charge in [-0.1, -0.05) is 18.7 Å². The number of carbonyl (C=O) groups is 1. The van der Waals surface area contributed by atoms with Gasteiger partial charge in [-0.25, -0.2) is 14.4 Å². The summed E-state index contributed by atoms with van der Waals surface area (Å²) in [5.74, 6) is -0.789. The maximum atomic E-state index is 14.8. The summed E-state index contributed by atoms with van der Waals surface area (Å²) in [4.78, 5) is 21.9. The van der Waals surface area contributed by atoms with Crippen molar-refractivity contribution in [1.82, 2.24) is 9.97 Å². The van der Waals surface area contributed by atoms with Crippen LogP contribution >= 0.6 is 0 Å². The van der Waals surface area contributed by atoms with Crippen LogP contribution in [-0.2, 0) is 9.53 Å². The summed E-state index contributed by atoms with van der Waals surface area (Å²) in [6.07, 6.45) is 2.76. The fourth-order valence-corrected chi connectivity index (χ4v) is 3.42. The normalized spacial score (nSPS) is 13.5. The van der Waals surface area contributed by atoms with E-state index in [4.69, 9.17) is 4.74 Å². The average molecular weight is 435 g/mol. The molecule has 1 saturated heterocycles. The van der Waals surface area contributed by atoms with Crippen LogP contribution in [0.4, 0.5) is 27.4 Å². The monoisotopic (exact) mass is 435 g/mol. The third-order valence-electron chi connectivity index (χ3n) is 4.89. The molecule has 0 aliphatic carbocycles. The van der Waals surface area contributed by atoms with E-state index >= 15 is 0 Å². The van der Waals surface area contributed by atoms with Crippen LogP contribution in [0.25, 0.3) is 11.3 Å². The van der Waals surface area contributed by atoms with E-state index in [0.717, 1.165) is 5.56 Å². The largest absolute Gasteiger partial charge is 0.506 e. The lowest BCUT2D eigenvalue weighted by atomic mass is 10.1. The summed E-state index contributed by atoms with van der Waals surface area (Å²) in [5.41, 5.74) is 2.44. The first kappa shape index (κ1) is 21.3. The molecular weight excluding hydrogens is 413 g/mol. The molecule has 0 radical (unpaired) electrons. The van der Waals surface area contributed by atoms with E-state index in [1.54, 1.807) is 35.4 Å². The van der Waals surface area contributed by atoms with Crippen LogP contribution in [0, 0.1) is 5.82 Å². The van der Waals surface area contributed by atoms with Crippen molar-refractivity contribution in [3.05, 3.63) is 67.1 Å². The highest BCUT2D eigenvalue weighted by Crippen LogP contribution is 2.35. The van der Waals surface area contributed by atoms with E-state index in [9.17, 15) is 14.3 Å². The van der Waals surface area contributed by atoms with Gasteiger partial charge >= 0.3 is 0 Å². The topological polar surface area (TPSA) is 99.6 Å². The maximum Gasteiger partial charge on any atom is 0.247 e. The summed E-state index contributed by atoms with van der Waals surface area (Å²) in [5, 5.41) is 16.1. The van der Waals surface area contributed by atoms with E-state index in [0.29, 0.717) is 43.4 Å². The van der Waals surface area contributed by atoms with Gasteiger partial charge in [-0.3, -0.25) is 4.79 Å². The Morgan fingerprint density at radius 1 is 1.19 bits per heavy atom. The van der Waals surface area contributed by atoms with Gasteiger partial charge in [0, 0.05) is 42.3 Å². The summed E-state index contributed by atoms with van der Waals surface area (Å²) >= 11 is 0. The number of anilines is 4. The second-order valence-electron chi connectivity index (χ2n) is 7.09. The second kappa shape index (κ2) is 9.44. The van der Waals surface area contributed by atoms with Crippen LogP contribution < -0.4 is 15.5 Å². The highest BCUT2D eigenvalue weighted by Gasteiger charge is 2.20. The first-order valence-electron chi connectivity index (χ1n) is 10.0. The Kier molecular flexibility index (Phi) is 6.27. The molecule has 9 heteroatoms. The van der Waals surface area contributed by atoms with Gasteiger partial charge in [0.05, 0.1) is 18.9 Å². The van der Waals surface area contributed by atoms with Crippen molar-refractivity contribution in [2.24, 2.45) is 0 Å². The molecule has 0 unspecified atom stereocenters. The fourth-order valence-electron chi connectivity index (χ4n) is 3.42. The van der Waals surface area contributed by atoms with Crippen molar-refractivity contribution in [3.63, 3.8) is 0 Å². The number of carbonyl (C=O) groups excluding carboxylic acids is 1. The van der Waals surface area contributed by atoms with Crippen LogP contribution in [0.2, 0.25) is 0 Å². The molecular formula is C23H22FN5O3. The number of aromatic nitrogens is 2. The SMILES string of the molecule is C=CC(=O)Nc1cccc(-c2ccnc(Nc3cc(O)c(N4CCOCC4)c(F)c3)n2)c1. The van der Waals surface area contributed by atoms with Gasteiger partial charge in [0.25, 0.3) is 0 Å². The number of benzene rings is 2. The van der Waals surface area contributed by atoms with Gasteiger partial charge in [-0.2, -0.15) is 0 Å². The van der Waals surface area contributed by atoms with Gasteiger partial charge in [-0.05, 0) is 30.3 Å². The number of ether oxygens (including phenoxy) is 1. The number of phenols is 1. The predicted molar refractivity (Wildman–Crippen MR) is 121 cm³/mol. The number of halogens is 1. The van der Waals surface area contributed by atoms with E-state index in [1.165, 1.54) is 18.2 Å². The van der Waals surface area contributed by atoms with Crippen LogP contribution in [0.15, 0.2) is 61.3 Å². The molecule has 0 spiro atoms. The molecule has 1 aromatic heterocycles. The number of rotatable bonds is 6. The second-order valence-corrected chi connectivity index (χ2v) is 7.09. The minimum atomic E-state index is -0.545. The number of nitrogens with one attached hydrogen (secondary N) is 2. The lowest BCUT2D eigenvalue weighted by Crippen LogP contribution is -2.36. The quantitative estimate of drug-likeness (QED) is 0.508. The summed E-state index contributed by atoms with van der Waals surface area (Å²) in [6.45, 7) is 5.42. The number of morpholine rings is 1. The number of hydrogen-bond donors (Lipinski definition) is 3. The number of aromatic hydroxyl groups is 1.